The molecule has 1 fully saturated rings. The molecule has 1 aliphatic heterocycles. The van der Waals surface area contributed by atoms with Gasteiger partial charge >= 0.3 is 6.18 Å². The number of pyridine rings is 1. The SMILES string of the molecule is Cc1c(C(=O)Nc2ccc(N3CCNC(=O)C3)c(Cl)c2)sc2nc(C(F)(F)F)ccc12. The van der Waals surface area contributed by atoms with Crippen molar-refractivity contribution in [1.29, 1.82) is 0 Å². The quantitative estimate of drug-likeness (QED) is 0.595. The lowest BCUT2D eigenvalue weighted by Crippen LogP contribution is -2.47. The van der Waals surface area contributed by atoms with E-state index >= 15 is 0 Å². The summed E-state index contributed by atoms with van der Waals surface area (Å²) < 4.78 is 38.8. The third-order valence-electron chi connectivity index (χ3n) is 4.88. The summed E-state index contributed by atoms with van der Waals surface area (Å²) in [5.74, 6) is -0.558. The molecule has 31 heavy (non-hydrogen) atoms. The van der Waals surface area contributed by atoms with Gasteiger partial charge in [0.2, 0.25) is 5.91 Å². The van der Waals surface area contributed by atoms with Gasteiger partial charge in [-0.25, -0.2) is 4.98 Å². The molecule has 0 radical (unpaired) electrons. The molecule has 11 heteroatoms. The van der Waals surface area contributed by atoms with Gasteiger partial charge in [-0.15, -0.1) is 11.3 Å². The van der Waals surface area contributed by atoms with E-state index in [0.717, 1.165) is 17.4 Å². The van der Waals surface area contributed by atoms with Crippen LogP contribution in [0.4, 0.5) is 24.5 Å². The number of amides is 2. The molecule has 1 aromatic carbocycles. The van der Waals surface area contributed by atoms with E-state index in [1.165, 1.54) is 6.07 Å². The Bertz CT molecular complexity index is 1200. The highest BCUT2D eigenvalue weighted by Crippen LogP contribution is 2.35. The first-order valence-electron chi connectivity index (χ1n) is 9.23. The van der Waals surface area contributed by atoms with E-state index in [2.05, 4.69) is 15.6 Å². The highest BCUT2D eigenvalue weighted by atomic mass is 35.5. The molecule has 0 spiro atoms. The van der Waals surface area contributed by atoms with Gasteiger partial charge < -0.3 is 15.5 Å². The Morgan fingerprint density at radius 3 is 2.74 bits per heavy atom. The van der Waals surface area contributed by atoms with Crippen LogP contribution in [0, 0.1) is 6.92 Å². The lowest BCUT2D eigenvalue weighted by molar-refractivity contribution is -0.140. The molecule has 0 bridgehead atoms. The monoisotopic (exact) mass is 468 g/mol. The first-order chi connectivity index (χ1) is 14.6. The van der Waals surface area contributed by atoms with Crippen LogP contribution in [-0.2, 0) is 11.0 Å². The van der Waals surface area contributed by atoms with Crippen LogP contribution in [0.2, 0.25) is 5.02 Å². The molecule has 0 atom stereocenters. The number of fused-ring (bicyclic) bond motifs is 1. The van der Waals surface area contributed by atoms with Crippen molar-refractivity contribution in [2.75, 3.05) is 29.9 Å². The molecular formula is C20H16ClF3N4O2S. The molecule has 4 rings (SSSR count). The van der Waals surface area contributed by atoms with E-state index in [9.17, 15) is 22.8 Å². The number of carbonyl (C=O) groups excluding carboxylic acids is 2. The average Bonchev–Trinajstić information content (AvgIpc) is 3.04. The molecule has 2 aromatic heterocycles. The summed E-state index contributed by atoms with van der Waals surface area (Å²) in [5.41, 5.74) is 0.667. The minimum atomic E-state index is -4.55. The fourth-order valence-electron chi connectivity index (χ4n) is 3.35. The number of carbonyl (C=O) groups is 2. The third kappa shape index (κ3) is 4.31. The Morgan fingerprint density at radius 2 is 2.06 bits per heavy atom. The third-order valence-corrected chi connectivity index (χ3v) is 6.39. The number of nitrogens with one attached hydrogen (secondary N) is 2. The van der Waals surface area contributed by atoms with Crippen molar-refractivity contribution >= 4 is 56.3 Å². The Labute approximate surface area is 184 Å². The predicted molar refractivity (Wildman–Crippen MR) is 114 cm³/mol. The summed E-state index contributed by atoms with van der Waals surface area (Å²) in [6.45, 7) is 2.99. The van der Waals surface area contributed by atoms with Gasteiger partial charge in [0.25, 0.3) is 5.91 Å². The zero-order chi connectivity index (χ0) is 22.3. The molecule has 1 aliphatic rings. The summed E-state index contributed by atoms with van der Waals surface area (Å²) in [6, 6.07) is 7.18. The minimum Gasteiger partial charge on any atom is -0.359 e. The van der Waals surface area contributed by atoms with E-state index < -0.39 is 17.8 Å². The van der Waals surface area contributed by atoms with E-state index in [0.29, 0.717) is 40.4 Å². The second kappa shape index (κ2) is 8.01. The Balaban J connectivity index is 1.56. The van der Waals surface area contributed by atoms with E-state index in [1.807, 2.05) is 4.90 Å². The van der Waals surface area contributed by atoms with E-state index in [-0.39, 0.29) is 22.2 Å². The lowest BCUT2D eigenvalue weighted by atomic mass is 10.1. The van der Waals surface area contributed by atoms with Crippen molar-refractivity contribution in [3.8, 4) is 0 Å². The highest BCUT2D eigenvalue weighted by Gasteiger charge is 2.33. The summed E-state index contributed by atoms with van der Waals surface area (Å²) >= 11 is 7.26. The smallest absolute Gasteiger partial charge is 0.359 e. The number of piperazine rings is 1. The number of nitrogens with zero attached hydrogens (tertiary/aromatic N) is 2. The maximum Gasteiger partial charge on any atom is 0.433 e. The van der Waals surface area contributed by atoms with Crippen LogP contribution in [0.25, 0.3) is 10.2 Å². The molecule has 2 amide bonds. The fraction of sp³-hybridized carbons (Fsp3) is 0.250. The zero-order valence-corrected chi connectivity index (χ0v) is 17.7. The van der Waals surface area contributed by atoms with Crippen LogP contribution in [0.5, 0.6) is 0 Å². The first-order valence-corrected chi connectivity index (χ1v) is 10.4. The Kier molecular flexibility index (Phi) is 5.52. The standard InChI is InChI=1S/C20H16ClF3N4O2S/c1-10-12-3-5-15(20(22,23)24)27-19(12)31-17(10)18(30)26-11-2-4-14(13(21)8-11)28-7-6-25-16(29)9-28/h2-5,8H,6-7,9H2,1H3,(H,25,29)(H,26,30). The van der Waals surface area contributed by atoms with Crippen molar-refractivity contribution in [1.82, 2.24) is 10.3 Å². The second-order valence-electron chi connectivity index (χ2n) is 6.99. The van der Waals surface area contributed by atoms with Gasteiger partial charge in [-0.05, 0) is 42.8 Å². The Hall–Kier alpha value is -2.85. The average molecular weight is 469 g/mol. The molecular weight excluding hydrogens is 453 g/mol. The van der Waals surface area contributed by atoms with Gasteiger partial charge in [-0.2, -0.15) is 13.2 Å². The van der Waals surface area contributed by atoms with Crippen molar-refractivity contribution in [2.45, 2.75) is 13.1 Å². The maximum atomic E-state index is 12.9. The fourth-order valence-corrected chi connectivity index (χ4v) is 4.72. The number of benzene rings is 1. The number of hydrogen-bond donors (Lipinski definition) is 2. The predicted octanol–water partition coefficient (Wildman–Crippen LogP) is 4.47. The molecule has 3 heterocycles. The minimum absolute atomic E-state index is 0.0952. The summed E-state index contributed by atoms with van der Waals surface area (Å²) in [7, 11) is 0. The number of aryl methyl sites for hydroxylation is 1. The van der Waals surface area contributed by atoms with E-state index in [4.69, 9.17) is 11.6 Å². The number of halogens is 4. The molecule has 2 N–H and O–H groups in total. The van der Waals surface area contributed by atoms with Crippen molar-refractivity contribution < 1.29 is 22.8 Å². The molecule has 1 saturated heterocycles. The number of anilines is 2. The number of alkyl halides is 3. The van der Waals surface area contributed by atoms with Crippen LogP contribution in [0.1, 0.15) is 20.9 Å². The van der Waals surface area contributed by atoms with Gasteiger partial charge in [0.15, 0.2) is 0 Å². The van der Waals surface area contributed by atoms with Crippen LogP contribution >= 0.6 is 22.9 Å². The maximum absolute atomic E-state index is 12.9. The molecule has 3 aromatic rings. The first kappa shape index (κ1) is 21.4. The molecule has 6 nitrogen and oxygen atoms in total. The summed E-state index contributed by atoms with van der Waals surface area (Å²) in [6.07, 6.45) is -4.55. The number of aromatic nitrogens is 1. The van der Waals surface area contributed by atoms with Crippen LogP contribution < -0.4 is 15.5 Å². The van der Waals surface area contributed by atoms with Crippen LogP contribution in [-0.4, -0.2) is 36.4 Å². The van der Waals surface area contributed by atoms with Crippen molar-refractivity contribution in [3.63, 3.8) is 0 Å². The van der Waals surface area contributed by atoms with Crippen molar-refractivity contribution in [2.24, 2.45) is 0 Å². The van der Waals surface area contributed by atoms with Gasteiger partial charge in [0.1, 0.15) is 10.5 Å². The second-order valence-corrected chi connectivity index (χ2v) is 8.40. The highest BCUT2D eigenvalue weighted by molar-refractivity contribution is 7.20. The number of rotatable bonds is 3. The summed E-state index contributed by atoms with van der Waals surface area (Å²) in [4.78, 5) is 30.3. The van der Waals surface area contributed by atoms with Crippen molar-refractivity contribution in [3.05, 3.63) is 51.5 Å². The normalized spacial score (nSPS) is 14.6. The Morgan fingerprint density at radius 1 is 1.29 bits per heavy atom. The van der Waals surface area contributed by atoms with Crippen LogP contribution in [0.15, 0.2) is 30.3 Å². The largest absolute Gasteiger partial charge is 0.433 e. The molecule has 0 aliphatic carbocycles. The lowest BCUT2D eigenvalue weighted by Gasteiger charge is -2.29. The van der Waals surface area contributed by atoms with Gasteiger partial charge in [0, 0.05) is 24.2 Å². The topological polar surface area (TPSA) is 74.3 Å². The number of hydrogen-bond acceptors (Lipinski definition) is 5. The van der Waals surface area contributed by atoms with Gasteiger partial charge in [0.05, 0.1) is 22.1 Å². The molecule has 0 unspecified atom stereocenters. The number of thiophene rings is 1. The van der Waals surface area contributed by atoms with Crippen LogP contribution in [0.3, 0.4) is 0 Å². The summed E-state index contributed by atoms with van der Waals surface area (Å²) in [5, 5.41) is 6.33. The zero-order valence-electron chi connectivity index (χ0n) is 16.1. The van der Waals surface area contributed by atoms with Gasteiger partial charge in [-0.1, -0.05) is 11.6 Å². The molecule has 162 valence electrons. The van der Waals surface area contributed by atoms with Gasteiger partial charge in [-0.3, -0.25) is 9.59 Å². The van der Waals surface area contributed by atoms with E-state index in [1.54, 1.807) is 25.1 Å². The molecule has 0 saturated carbocycles.